The van der Waals surface area contributed by atoms with Crippen LogP contribution in [0.5, 0.6) is 0 Å². The Bertz CT molecular complexity index is 388. The van der Waals surface area contributed by atoms with E-state index in [1.807, 2.05) is 30.3 Å². The average molecular weight is 250 g/mol. The van der Waals surface area contributed by atoms with Gasteiger partial charge in [-0.2, -0.15) is 0 Å². The van der Waals surface area contributed by atoms with Crippen LogP contribution in [0.3, 0.4) is 0 Å². The van der Waals surface area contributed by atoms with E-state index in [2.05, 4.69) is 5.32 Å². The second-order valence-electron chi connectivity index (χ2n) is 5.18. The minimum absolute atomic E-state index is 0.246. The van der Waals surface area contributed by atoms with E-state index in [1.54, 1.807) is 20.8 Å². The third-order valence-corrected chi connectivity index (χ3v) is 3.13. The first kappa shape index (κ1) is 14.7. The molecular weight excluding hydrogens is 228 g/mol. The Hall–Kier alpha value is -1.39. The number of amides is 1. The molecule has 0 bridgehead atoms. The van der Waals surface area contributed by atoms with Crippen LogP contribution in [0.1, 0.15) is 26.3 Å². The van der Waals surface area contributed by atoms with Crippen LogP contribution in [-0.2, 0) is 11.2 Å². The lowest BCUT2D eigenvalue weighted by Crippen LogP contribution is -2.55. The van der Waals surface area contributed by atoms with Crippen molar-refractivity contribution in [2.24, 2.45) is 5.73 Å². The molecule has 1 rings (SSSR count). The van der Waals surface area contributed by atoms with Crippen molar-refractivity contribution in [3.8, 4) is 0 Å². The molecule has 0 spiro atoms. The van der Waals surface area contributed by atoms with Crippen molar-refractivity contribution in [3.63, 3.8) is 0 Å². The minimum atomic E-state index is -0.675. The number of aliphatic hydroxyl groups excluding tert-OH is 1. The van der Waals surface area contributed by atoms with Gasteiger partial charge in [-0.3, -0.25) is 4.79 Å². The van der Waals surface area contributed by atoms with E-state index in [-0.39, 0.29) is 5.91 Å². The van der Waals surface area contributed by atoms with Gasteiger partial charge in [0.05, 0.1) is 17.7 Å². The zero-order chi connectivity index (χ0) is 13.8. The second-order valence-corrected chi connectivity index (χ2v) is 5.18. The maximum Gasteiger partial charge on any atom is 0.237 e. The smallest absolute Gasteiger partial charge is 0.237 e. The van der Waals surface area contributed by atoms with Gasteiger partial charge >= 0.3 is 0 Å². The Kier molecular flexibility index (Phi) is 4.87. The lowest BCUT2D eigenvalue weighted by Gasteiger charge is -2.30. The number of aliphatic hydroxyl groups is 1. The van der Waals surface area contributed by atoms with Crippen LogP contribution in [0.4, 0.5) is 0 Å². The van der Waals surface area contributed by atoms with Gasteiger partial charge in [0.2, 0.25) is 5.91 Å². The van der Waals surface area contributed by atoms with Crippen molar-refractivity contribution in [2.45, 2.75) is 44.9 Å². The molecule has 1 amide bonds. The summed E-state index contributed by atoms with van der Waals surface area (Å²) in [4.78, 5) is 11.9. The maximum atomic E-state index is 11.9. The summed E-state index contributed by atoms with van der Waals surface area (Å²) in [5.74, 6) is -0.246. The summed E-state index contributed by atoms with van der Waals surface area (Å²) in [6.45, 7) is 5.18. The highest BCUT2D eigenvalue weighted by atomic mass is 16.3. The van der Waals surface area contributed by atoms with Crippen LogP contribution in [0, 0.1) is 0 Å². The van der Waals surface area contributed by atoms with Gasteiger partial charge in [-0.15, -0.1) is 0 Å². The van der Waals surface area contributed by atoms with Crippen molar-refractivity contribution in [1.82, 2.24) is 5.32 Å². The van der Waals surface area contributed by atoms with Gasteiger partial charge < -0.3 is 16.2 Å². The molecule has 4 heteroatoms. The molecule has 0 radical (unpaired) electrons. The molecule has 4 nitrogen and oxygen atoms in total. The average Bonchev–Trinajstić information content (AvgIpc) is 2.29. The van der Waals surface area contributed by atoms with E-state index >= 15 is 0 Å². The number of hydrogen-bond donors (Lipinski definition) is 3. The van der Waals surface area contributed by atoms with E-state index < -0.39 is 17.7 Å². The highest BCUT2D eigenvalue weighted by Crippen LogP contribution is 2.09. The van der Waals surface area contributed by atoms with Crippen molar-refractivity contribution >= 4 is 5.91 Å². The van der Waals surface area contributed by atoms with Crippen LogP contribution in [0.2, 0.25) is 0 Å². The Morgan fingerprint density at radius 2 is 1.94 bits per heavy atom. The standard InChI is InChI=1S/C14H22N2O2/c1-10(17)14(2,3)16-13(18)12(15)9-11-7-5-4-6-8-11/h4-8,10,12,17H,9,15H2,1-3H3,(H,16,18). The van der Waals surface area contributed by atoms with E-state index in [0.717, 1.165) is 5.56 Å². The molecule has 0 aliphatic heterocycles. The number of carbonyl (C=O) groups is 1. The molecule has 0 saturated heterocycles. The summed E-state index contributed by atoms with van der Waals surface area (Å²) in [7, 11) is 0. The van der Waals surface area contributed by atoms with Crippen molar-refractivity contribution in [3.05, 3.63) is 35.9 Å². The Balaban J connectivity index is 2.57. The van der Waals surface area contributed by atoms with E-state index in [4.69, 9.17) is 5.73 Å². The molecule has 0 aromatic heterocycles. The number of hydrogen-bond acceptors (Lipinski definition) is 3. The van der Waals surface area contributed by atoms with E-state index in [1.165, 1.54) is 0 Å². The molecule has 0 saturated carbocycles. The fourth-order valence-corrected chi connectivity index (χ4v) is 1.48. The molecular formula is C14H22N2O2. The summed E-state index contributed by atoms with van der Waals surface area (Å²) >= 11 is 0. The van der Waals surface area contributed by atoms with Crippen LogP contribution >= 0.6 is 0 Å². The van der Waals surface area contributed by atoms with E-state index in [9.17, 15) is 9.90 Å². The fraction of sp³-hybridized carbons (Fsp3) is 0.500. The van der Waals surface area contributed by atoms with Crippen LogP contribution in [0.25, 0.3) is 0 Å². The summed E-state index contributed by atoms with van der Waals surface area (Å²) in [5.41, 5.74) is 6.21. The molecule has 18 heavy (non-hydrogen) atoms. The first-order chi connectivity index (χ1) is 8.33. The predicted octanol–water partition coefficient (Wildman–Crippen LogP) is 0.832. The molecule has 2 atom stereocenters. The minimum Gasteiger partial charge on any atom is -0.391 e. The molecule has 100 valence electrons. The third-order valence-electron chi connectivity index (χ3n) is 3.13. The monoisotopic (exact) mass is 250 g/mol. The normalized spacial score (nSPS) is 14.9. The number of benzene rings is 1. The molecule has 1 aromatic rings. The highest BCUT2D eigenvalue weighted by Gasteiger charge is 2.28. The van der Waals surface area contributed by atoms with Crippen LogP contribution in [0.15, 0.2) is 30.3 Å². The zero-order valence-electron chi connectivity index (χ0n) is 11.2. The quantitative estimate of drug-likeness (QED) is 0.724. The van der Waals surface area contributed by atoms with Crippen LogP contribution in [-0.4, -0.2) is 28.7 Å². The van der Waals surface area contributed by atoms with Gasteiger partial charge in [-0.1, -0.05) is 30.3 Å². The van der Waals surface area contributed by atoms with Gasteiger partial charge in [0.15, 0.2) is 0 Å². The molecule has 0 aliphatic carbocycles. The SMILES string of the molecule is CC(O)C(C)(C)NC(=O)C(N)Cc1ccccc1. The van der Waals surface area contributed by atoms with Crippen molar-refractivity contribution in [2.75, 3.05) is 0 Å². The number of nitrogens with two attached hydrogens (primary N) is 1. The van der Waals surface area contributed by atoms with Crippen LogP contribution < -0.4 is 11.1 Å². The highest BCUT2D eigenvalue weighted by molar-refractivity contribution is 5.82. The Morgan fingerprint density at radius 1 is 1.39 bits per heavy atom. The van der Waals surface area contributed by atoms with Crippen molar-refractivity contribution < 1.29 is 9.90 Å². The molecule has 0 fully saturated rings. The molecule has 1 aromatic carbocycles. The van der Waals surface area contributed by atoms with E-state index in [0.29, 0.717) is 6.42 Å². The van der Waals surface area contributed by atoms with Crippen molar-refractivity contribution in [1.29, 1.82) is 0 Å². The maximum absolute atomic E-state index is 11.9. The Morgan fingerprint density at radius 3 is 2.44 bits per heavy atom. The van der Waals surface area contributed by atoms with Gasteiger partial charge in [0, 0.05) is 0 Å². The largest absolute Gasteiger partial charge is 0.391 e. The fourth-order valence-electron chi connectivity index (χ4n) is 1.48. The summed E-state index contributed by atoms with van der Waals surface area (Å²) in [5, 5.41) is 12.3. The first-order valence-corrected chi connectivity index (χ1v) is 6.12. The number of rotatable bonds is 5. The third kappa shape index (κ3) is 4.13. The lowest BCUT2D eigenvalue weighted by atomic mass is 9.97. The topological polar surface area (TPSA) is 75.3 Å². The predicted molar refractivity (Wildman–Crippen MR) is 72.0 cm³/mol. The Labute approximate surface area is 108 Å². The molecule has 2 unspecified atom stereocenters. The molecule has 4 N–H and O–H groups in total. The zero-order valence-corrected chi connectivity index (χ0v) is 11.2. The van der Waals surface area contributed by atoms with Gasteiger partial charge in [-0.05, 0) is 32.8 Å². The summed E-state index contributed by atoms with van der Waals surface area (Å²) < 4.78 is 0. The molecule has 0 heterocycles. The number of carbonyl (C=O) groups excluding carboxylic acids is 1. The van der Waals surface area contributed by atoms with Gasteiger partial charge in [-0.25, -0.2) is 0 Å². The van der Waals surface area contributed by atoms with Gasteiger partial charge in [0.1, 0.15) is 0 Å². The molecule has 0 aliphatic rings. The number of nitrogens with one attached hydrogen (secondary N) is 1. The summed E-state index contributed by atoms with van der Waals surface area (Å²) in [6.07, 6.45) is -0.145. The van der Waals surface area contributed by atoms with Gasteiger partial charge in [0.25, 0.3) is 0 Å². The summed E-state index contributed by atoms with van der Waals surface area (Å²) in [6, 6.07) is 9.02. The lowest BCUT2D eigenvalue weighted by molar-refractivity contribution is -0.125. The second kappa shape index (κ2) is 5.98. The first-order valence-electron chi connectivity index (χ1n) is 6.12.